The van der Waals surface area contributed by atoms with E-state index in [1.165, 1.54) is 0 Å². The molecule has 7 nitrogen and oxygen atoms in total. The van der Waals surface area contributed by atoms with Crippen LogP contribution in [0.5, 0.6) is 0 Å². The molecule has 1 aliphatic rings. The number of rotatable bonds is 9. The molecule has 144 valence electrons. The Morgan fingerprint density at radius 2 is 1.96 bits per heavy atom. The average molecular weight is 362 g/mol. The summed E-state index contributed by atoms with van der Waals surface area (Å²) in [6, 6.07) is 9.92. The highest BCUT2D eigenvalue weighted by atomic mass is 16.5. The minimum atomic E-state index is -0.376. The van der Waals surface area contributed by atoms with Gasteiger partial charge in [-0.25, -0.2) is 4.79 Å². The van der Waals surface area contributed by atoms with Gasteiger partial charge < -0.3 is 25.8 Å². The zero-order chi connectivity index (χ0) is 18.8. The first-order valence-corrected chi connectivity index (χ1v) is 9.21. The van der Waals surface area contributed by atoms with Gasteiger partial charge in [0, 0.05) is 26.1 Å². The molecule has 2 atom stereocenters. The predicted molar refractivity (Wildman–Crippen MR) is 102 cm³/mol. The van der Waals surface area contributed by atoms with Gasteiger partial charge in [-0.3, -0.25) is 4.99 Å². The molecule has 0 bridgehead atoms. The molecule has 1 fully saturated rings. The quantitative estimate of drug-likeness (QED) is 0.394. The van der Waals surface area contributed by atoms with Gasteiger partial charge in [0.2, 0.25) is 0 Å². The van der Waals surface area contributed by atoms with Gasteiger partial charge in [-0.2, -0.15) is 0 Å². The van der Waals surface area contributed by atoms with Crippen molar-refractivity contribution in [2.45, 2.75) is 31.7 Å². The number of aliphatic imine (C=N–C) groups is 1. The largest absolute Gasteiger partial charge is 0.450 e. The van der Waals surface area contributed by atoms with Crippen LogP contribution < -0.4 is 16.0 Å². The van der Waals surface area contributed by atoms with Gasteiger partial charge in [0.25, 0.3) is 0 Å². The van der Waals surface area contributed by atoms with Gasteiger partial charge in [0.15, 0.2) is 5.96 Å². The van der Waals surface area contributed by atoms with Crippen molar-refractivity contribution in [1.29, 1.82) is 0 Å². The molecule has 0 radical (unpaired) electrons. The second kappa shape index (κ2) is 10.7. The van der Waals surface area contributed by atoms with E-state index in [0.29, 0.717) is 31.6 Å². The van der Waals surface area contributed by atoms with E-state index < -0.39 is 0 Å². The second-order valence-electron chi connectivity index (χ2n) is 6.43. The first-order valence-electron chi connectivity index (χ1n) is 9.21. The zero-order valence-electron chi connectivity index (χ0n) is 15.6. The molecule has 2 unspecified atom stereocenters. The summed E-state index contributed by atoms with van der Waals surface area (Å²) in [5, 5.41) is 19.1. The van der Waals surface area contributed by atoms with Gasteiger partial charge in [0.1, 0.15) is 0 Å². The second-order valence-corrected chi connectivity index (χ2v) is 6.43. The Bertz CT molecular complexity index is 575. The van der Waals surface area contributed by atoms with E-state index >= 15 is 0 Å². The highest BCUT2D eigenvalue weighted by molar-refractivity contribution is 5.79. The fourth-order valence-corrected chi connectivity index (χ4v) is 2.82. The van der Waals surface area contributed by atoms with E-state index in [2.05, 4.69) is 20.9 Å². The van der Waals surface area contributed by atoms with Crippen LogP contribution in [-0.4, -0.2) is 56.6 Å². The molecular weight excluding hydrogens is 332 g/mol. The summed E-state index contributed by atoms with van der Waals surface area (Å²) in [4.78, 5) is 15.9. The van der Waals surface area contributed by atoms with Crippen molar-refractivity contribution in [2.75, 3.05) is 33.4 Å². The number of amides is 1. The van der Waals surface area contributed by atoms with Crippen LogP contribution in [0.4, 0.5) is 4.79 Å². The Morgan fingerprint density at radius 3 is 2.54 bits per heavy atom. The number of nitrogens with one attached hydrogen (secondary N) is 3. The maximum absolute atomic E-state index is 11.7. The summed E-state index contributed by atoms with van der Waals surface area (Å²) in [6.07, 6.45) is 1.86. The lowest BCUT2D eigenvalue weighted by Gasteiger charge is -2.22. The molecule has 2 rings (SSSR count). The van der Waals surface area contributed by atoms with Crippen molar-refractivity contribution in [3.8, 4) is 0 Å². The fourth-order valence-electron chi connectivity index (χ4n) is 2.82. The first-order chi connectivity index (χ1) is 12.7. The number of ether oxygens (including phenoxy) is 1. The number of alkyl carbamates (subject to hydrolysis) is 1. The van der Waals surface area contributed by atoms with E-state index in [1.54, 1.807) is 14.0 Å². The smallest absolute Gasteiger partial charge is 0.407 e. The number of guanidine groups is 1. The summed E-state index contributed by atoms with van der Waals surface area (Å²) < 4.78 is 4.97. The van der Waals surface area contributed by atoms with Gasteiger partial charge in [-0.1, -0.05) is 30.3 Å². The lowest BCUT2D eigenvalue weighted by molar-refractivity contribution is 0.146. The molecule has 1 aromatic carbocycles. The minimum Gasteiger partial charge on any atom is -0.450 e. The number of hydrogen-bond donors (Lipinski definition) is 4. The standard InChI is InChI=1S/C19H30N4O3/c1-3-26-19(25)23-17(15-9-10-15)12-22-18(20-2)21-11-16(13-24)14-7-5-4-6-8-14/h4-8,15-17,24H,3,9-13H2,1-2H3,(H,23,25)(H2,20,21,22). The van der Waals surface area contributed by atoms with Crippen LogP contribution in [0.1, 0.15) is 31.2 Å². The maximum Gasteiger partial charge on any atom is 0.407 e. The lowest BCUT2D eigenvalue weighted by atomic mass is 10.0. The van der Waals surface area contributed by atoms with Crippen molar-refractivity contribution >= 4 is 12.1 Å². The summed E-state index contributed by atoms with van der Waals surface area (Å²) in [6.45, 7) is 3.36. The Hall–Kier alpha value is -2.28. The molecule has 1 saturated carbocycles. The molecule has 1 aliphatic carbocycles. The third-order valence-electron chi connectivity index (χ3n) is 4.49. The Morgan fingerprint density at radius 1 is 1.27 bits per heavy atom. The Balaban J connectivity index is 1.81. The Labute approximate surface area is 155 Å². The average Bonchev–Trinajstić information content (AvgIpc) is 3.49. The molecule has 0 heterocycles. The molecule has 1 amide bonds. The molecule has 0 aromatic heterocycles. The summed E-state index contributed by atoms with van der Waals surface area (Å²) in [5.74, 6) is 1.13. The molecule has 26 heavy (non-hydrogen) atoms. The van der Waals surface area contributed by atoms with Crippen molar-refractivity contribution in [3.05, 3.63) is 35.9 Å². The number of carbonyl (C=O) groups is 1. The zero-order valence-corrected chi connectivity index (χ0v) is 15.6. The van der Waals surface area contributed by atoms with Crippen LogP contribution in [-0.2, 0) is 4.74 Å². The number of aliphatic hydroxyl groups excluding tert-OH is 1. The van der Waals surface area contributed by atoms with E-state index in [0.717, 1.165) is 18.4 Å². The summed E-state index contributed by atoms with van der Waals surface area (Å²) in [5.41, 5.74) is 1.08. The Kier molecular flexibility index (Phi) is 8.21. The van der Waals surface area contributed by atoms with E-state index in [-0.39, 0.29) is 24.7 Å². The summed E-state index contributed by atoms with van der Waals surface area (Å²) in [7, 11) is 1.71. The normalized spacial score (nSPS) is 16.5. The molecule has 7 heteroatoms. The van der Waals surface area contributed by atoms with E-state index in [4.69, 9.17) is 4.74 Å². The minimum absolute atomic E-state index is 0.00774. The number of hydrogen-bond acceptors (Lipinski definition) is 4. The highest BCUT2D eigenvalue weighted by Crippen LogP contribution is 2.32. The molecular formula is C19H30N4O3. The highest BCUT2D eigenvalue weighted by Gasteiger charge is 2.32. The predicted octanol–water partition coefficient (Wildman–Crippen LogP) is 1.45. The van der Waals surface area contributed by atoms with Crippen LogP contribution in [0.25, 0.3) is 0 Å². The molecule has 1 aromatic rings. The van der Waals surface area contributed by atoms with Crippen LogP contribution in [0.15, 0.2) is 35.3 Å². The van der Waals surface area contributed by atoms with E-state index in [1.807, 2.05) is 30.3 Å². The van der Waals surface area contributed by atoms with Crippen LogP contribution in [0.2, 0.25) is 0 Å². The van der Waals surface area contributed by atoms with Gasteiger partial charge in [-0.15, -0.1) is 0 Å². The number of nitrogens with zero attached hydrogens (tertiary/aromatic N) is 1. The van der Waals surface area contributed by atoms with Crippen LogP contribution in [0, 0.1) is 5.92 Å². The third kappa shape index (κ3) is 6.55. The lowest BCUT2D eigenvalue weighted by Crippen LogP contribution is -2.48. The van der Waals surface area contributed by atoms with Crippen molar-refractivity contribution in [3.63, 3.8) is 0 Å². The molecule has 4 N–H and O–H groups in total. The number of carbonyl (C=O) groups excluding carboxylic acids is 1. The molecule has 0 saturated heterocycles. The maximum atomic E-state index is 11.7. The monoisotopic (exact) mass is 362 g/mol. The SMILES string of the molecule is CCOC(=O)NC(CNC(=NC)NCC(CO)c1ccccc1)C1CC1. The van der Waals surface area contributed by atoms with E-state index in [9.17, 15) is 9.90 Å². The topological polar surface area (TPSA) is 95.0 Å². The van der Waals surface area contributed by atoms with Crippen molar-refractivity contribution in [2.24, 2.45) is 10.9 Å². The van der Waals surface area contributed by atoms with Crippen LogP contribution >= 0.6 is 0 Å². The summed E-state index contributed by atoms with van der Waals surface area (Å²) >= 11 is 0. The molecule has 0 spiro atoms. The van der Waals surface area contributed by atoms with Crippen molar-refractivity contribution < 1.29 is 14.6 Å². The number of benzene rings is 1. The first kappa shape index (κ1) is 20.0. The molecule has 0 aliphatic heterocycles. The van der Waals surface area contributed by atoms with Gasteiger partial charge >= 0.3 is 6.09 Å². The number of aliphatic hydroxyl groups is 1. The van der Waals surface area contributed by atoms with Gasteiger partial charge in [-0.05, 0) is 31.2 Å². The third-order valence-corrected chi connectivity index (χ3v) is 4.49. The van der Waals surface area contributed by atoms with Crippen LogP contribution in [0.3, 0.4) is 0 Å². The van der Waals surface area contributed by atoms with Gasteiger partial charge in [0.05, 0.1) is 19.3 Å². The fraction of sp³-hybridized carbons (Fsp3) is 0.579. The van der Waals surface area contributed by atoms with Crippen molar-refractivity contribution in [1.82, 2.24) is 16.0 Å².